The van der Waals surface area contributed by atoms with Crippen molar-refractivity contribution in [2.45, 2.75) is 58.1 Å². The quantitative estimate of drug-likeness (QED) is 0.902. The molecule has 2 rings (SSSR count). The highest BCUT2D eigenvalue weighted by atomic mass is 16.6. The number of likely N-dealkylation sites (tertiary alicyclic amines) is 1. The lowest BCUT2D eigenvalue weighted by Gasteiger charge is -2.25. The molecule has 2 unspecified atom stereocenters. The first-order chi connectivity index (χ1) is 10.8. The minimum atomic E-state index is -0.438. The van der Waals surface area contributed by atoms with Crippen LogP contribution in [0.4, 0.5) is 4.79 Å². The van der Waals surface area contributed by atoms with Gasteiger partial charge in [-0.05, 0) is 57.9 Å². The van der Waals surface area contributed by atoms with Gasteiger partial charge < -0.3 is 15.4 Å². The molecule has 1 saturated heterocycles. The molecule has 0 aliphatic carbocycles. The molecule has 1 aliphatic heterocycles. The van der Waals surface area contributed by atoms with E-state index in [1.54, 1.807) is 4.90 Å². The molecule has 0 saturated carbocycles. The van der Waals surface area contributed by atoms with Gasteiger partial charge in [-0.1, -0.05) is 30.3 Å². The lowest BCUT2D eigenvalue weighted by Crippen LogP contribution is -2.37. The summed E-state index contributed by atoms with van der Waals surface area (Å²) in [4.78, 5) is 13.9. The average Bonchev–Trinajstić information content (AvgIpc) is 2.96. The summed E-state index contributed by atoms with van der Waals surface area (Å²) < 4.78 is 5.43. The molecule has 4 nitrogen and oxygen atoms in total. The summed E-state index contributed by atoms with van der Waals surface area (Å²) >= 11 is 0. The highest BCUT2D eigenvalue weighted by Crippen LogP contribution is 2.23. The normalized spacial score (nSPS) is 19.7. The monoisotopic (exact) mass is 318 g/mol. The maximum absolute atomic E-state index is 12.1. The van der Waals surface area contributed by atoms with Crippen LogP contribution in [-0.4, -0.2) is 35.7 Å². The number of ether oxygens (including phenoxy) is 1. The lowest BCUT2D eigenvalue weighted by molar-refractivity contribution is 0.0286. The predicted molar refractivity (Wildman–Crippen MR) is 93.3 cm³/mol. The Morgan fingerprint density at radius 3 is 2.70 bits per heavy atom. The molecule has 0 aromatic heterocycles. The fourth-order valence-corrected chi connectivity index (χ4v) is 3.05. The van der Waals surface area contributed by atoms with Crippen LogP contribution < -0.4 is 5.73 Å². The highest BCUT2D eigenvalue weighted by Gasteiger charge is 2.32. The Kier molecular flexibility index (Phi) is 6.05. The molecule has 4 heteroatoms. The number of amides is 1. The van der Waals surface area contributed by atoms with Gasteiger partial charge in [-0.25, -0.2) is 4.79 Å². The van der Waals surface area contributed by atoms with E-state index in [0.717, 1.165) is 38.8 Å². The van der Waals surface area contributed by atoms with Crippen molar-refractivity contribution in [1.82, 2.24) is 4.90 Å². The number of nitrogens with zero attached hydrogens (tertiary/aromatic N) is 1. The zero-order valence-corrected chi connectivity index (χ0v) is 14.6. The molecule has 0 radical (unpaired) electrons. The van der Waals surface area contributed by atoms with Crippen molar-refractivity contribution in [2.75, 3.05) is 13.1 Å². The van der Waals surface area contributed by atoms with Crippen LogP contribution in [0.2, 0.25) is 0 Å². The van der Waals surface area contributed by atoms with Gasteiger partial charge in [0.2, 0.25) is 0 Å². The van der Waals surface area contributed by atoms with Gasteiger partial charge in [0.25, 0.3) is 0 Å². The first-order valence-corrected chi connectivity index (χ1v) is 8.62. The van der Waals surface area contributed by atoms with E-state index in [-0.39, 0.29) is 12.1 Å². The molecule has 1 aromatic rings. The third kappa shape index (κ3) is 5.87. The van der Waals surface area contributed by atoms with Crippen LogP contribution >= 0.6 is 0 Å². The van der Waals surface area contributed by atoms with Gasteiger partial charge in [0.1, 0.15) is 5.60 Å². The molecule has 2 atom stereocenters. The molecule has 1 heterocycles. The minimum Gasteiger partial charge on any atom is -0.444 e. The van der Waals surface area contributed by atoms with E-state index in [4.69, 9.17) is 10.5 Å². The summed E-state index contributed by atoms with van der Waals surface area (Å²) in [6, 6.07) is 10.7. The van der Waals surface area contributed by atoms with Crippen LogP contribution in [0.25, 0.3) is 0 Å². The molecule has 1 aromatic carbocycles. The number of nitrogens with two attached hydrogens (primary N) is 1. The summed E-state index contributed by atoms with van der Waals surface area (Å²) in [7, 11) is 0. The van der Waals surface area contributed by atoms with E-state index in [1.165, 1.54) is 5.56 Å². The second-order valence-corrected chi connectivity index (χ2v) is 7.52. The minimum absolute atomic E-state index is 0.158. The second kappa shape index (κ2) is 7.82. The molecular formula is C19H30N2O2. The van der Waals surface area contributed by atoms with E-state index in [1.807, 2.05) is 26.8 Å². The van der Waals surface area contributed by atoms with Crippen molar-refractivity contribution in [1.29, 1.82) is 0 Å². The van der Waals surface area contributed by atoms with Gasteiger partial charge in [0.15, 0.2) is 0 Å². The van der Waals surface area contributed by atoms with Crippen molar-refractivity contribution in [3.8, 4) is 0 Å². The SMILES string of the molecule is CC(C)(C)OC(=O)N1CCC(C(N)CCCc2ccccc2)C1. The van der Waals surface area contributed by atoms with Gasteiger partial charge in [0, 0.05) is 19.1 Å². The summed E-state index contributed by atoms with van der Waals surface area (Å²) in [5, 5.41) is 0. The van der Waals surface area contributed by atoms with E-state index in [9.17, 15) is 4.79 Å². The van der Waals surface area contributed by atoms with Crippen molar-refractivity contribution in [3.05, 3.63) is 35.9 Å². The van der Waals surface area contributed by atoms with E-state index >= 15 is 0 Å². The Bertz CT molecular complexity index is 496. The Morgan fingerprint density at radius 2 is 2.04 bits per heavy atom. The Hall–Kier alpha value is -1.55. The zero-order chi connectivity index (χ0) is 16.9. The summed E-state index contributed by atoms with van der Waals surface area (Å²) in [6.07, 6.45) is 3.93. The first-order valence-electron chi connectivity index (χ1n) is 8.62. The Morgan fingerprint density at radius 1 is 1.35 bits per heavy atom. The van der Waals surface area contributed by atoms with Crippen LogP contribution in [0.3, 0.4) is 0 Å². The zero-order valence-electron chi connectivity index (χ0n) is 14.6. The van der Waals surface area contributed by atoms with Crippen molar-refractivity contribution < 1.29 is 9.53 Å². The molecule has 128 valence electrons. The van der Waals surface area contributed by atoms with Gasteiger partial charge in [-0.2, -0.15) is 0 Å². The topological polar surface area (TPSA) is 55.6 Å². The molecule has 1 amide bonds. The van der Waals surface area contributed by atoms with Gasteiger partial charge >= 0.3 is 6.09 Å². The first kappa shape index (κ1) is 17.8. The smallest absolute Gasteiger partial charge is 0.410 e. The van der Waals surface area contributed by atoms with E-state index in [2.05, 4.69) is 24.3 Å². The number of carbonyl (C=O) groups is 1. The standard InChI is InChI=1S/C19H30N2O2/c1-19(2,3)23-18(22)21-13-12-16(14-21)17(20)11-7-10-15-8-5-4-6-9-15/h4-6,8-9,16-17H,7,10-14,20H2,1-3H3. The van der Waals surface area contributed by atoms with Crippen molar-refractivity contribution >= 4 is 6.09 Å². The molecule has 0 bridgehead atoms. The van der Waals surface area contributed by atoms with Crippen LogP contribution in [0.5, 0.6) is 0 Å². The number of aryl methyl sites for hydroxylation is 1. The summed E-state index contributed by atoms with van der Waals surface area (Å²) in [5.74, 6) is 0.387. The molecule has 1 fully saturated rings. The largest absolute Gasteiger partial charge is 0.444 e. The third-order valence-corrected chi connectivity index (χ3v) is 4.33. The van der Waals surface area contributed by atoms with Crippen LogP contribution in [0, 0.1) is 5.92 Å². The van der Waals surface area contributed by atoms with Crippen LogP contribution in [-0.2, 0) is 11.2 Å². The number of benzene rings is 1. The van der Waals surface area contributed by atoms with Crippen molar-refractivity contribution in [2.24, 2.45) is 11.7 Å². The maximum atomic E-state index is 12.1. The molecule has 2 N–H and O–H groups in total. The number of hydrogen-bond acceptors (Lipinski definition) is 3. The van der Waals surface area contributed by atoms with Gasteiger partial charge in [-0.3, -0.25) is 0 Å². The van der Waals surface area contributed by atoms with Gasteiger partial charge in [0.05, 0.1) is 0 Å². The Labute approximate surface area is 140 Å². The predicted octanol–water partition coefficient (Wildman–Crippen LogP) is 3.59. The van der Waals surface area contributed by atoms with Crippen molar-refractivity contribution in [3.63, 3.8) is 0 Å². The number of carbonyl (C=O) groups excluding carboxylic acids is 1. The number of hydrogen-bond donors (Lipinski definition) is 1. The molecule has 1 aliphatic rings. The van der Waals surface area contributed by atoms with Gasteiger partial charge in [-0.15, -0.1) is 0 Å². The molecule has 0 spiro atoms. The van der Waals surface area contributed by atoms with Crippen LogP contribution in [0.15, 0.2) is 30.3 Å². The number of rotatable bonds is 5. The highest BCUT2D eigenvalue weighted by molar-refractivity contribution is 5.68. The fourth-order valence-electron chi connectivity index (χ4n) is 3.05. The van der Waals surface area contributed by atoms with Crippen LogP contribution in [0.1, 0.15) is 45.6 Å². The molecular weight excluding hydrogens is 288 g/mol. The second-order valence-electron chi connectivity index (χ2n) is 7.52. The average molecular weight is 318 g/mol. The lowest BCUT2D eigenvalue weighted by atomic mass is 9.94. The fraction of sp³-hybridized carbons (Fsp3) is 0.632. The van der Waals surface area contributed by atoms with E-state index in [0.29, 0.717) is 5.92 Å². The molecule has 23 heavy (non-hydrogen) atoms. The summed E-state index contributed by atoms with van der Waals surface area (Å²) in [6.45, 7) is 7.17. The Balaban J connectivity index is 1.72. The maximum Gasteiger partial charge on any atom is 0.410 e. The third-order valence-electron chi connectivity index (χ3n) is 4.33. The van der Waals surface area contributed by atoms with E-state index < -0.39 is 5.60 Å². The summed E-state index contributed by atoms with van der Waals surface area (Å²) in [5.41, 5.74) is 7.28.